The lowest BCUT2D eigenvalue weighted by molar-refractivity contribution is -0.178. The number of carboxylic acids is 1. The minimum atomic E-state index is -4.43. The summed E-state index contributed by atoms with van der Waals surface area (Å²) in [6.07, 6.45) is -2.39. The van der Waals surface area contributed by atoms with Crippen LogP contribution in [0.25, 0.3) is 0 Å². The predicted octanol–water partition coefficient (Wildman–Crippen LogP) is 1.67. The van der Waals surface area contributed by atoms with Gasteiger partial charge < -0.3 is 14.7 Å². The number of rotatable bonds is 6. The minimum absolute atomic E-state index is 0.104. The highest BCUT2D eigenvalue weighted by molar-refractivity contribution is 5.77. The zero-order valence-electron chi connectivity index (χ0n) is 11.0. The number of amides is 1. The van der Waals surface area contributed by atoms with E-state index in [9.17, 15) is 22.8 Å². The van der Waals surface area contributed by atoms with E-state index in [1.165, 1.54) is 4.90 Å². The first kappa shape index (κ1) is 16.7. The van der Waals surface area contributed by atoms with Crippen molar-refractivity contribution in [2.45, 2.75) is 31.9 Å². The molecule has 5 nitrogen and oxygen atoms in total. The summed E-state index contributed by atoms with van der Waals surface area (Å²) in [5, 5.41) is 8.57. The summed E-state index contributed by atoms with van der Waals surface area (Å²) in [4.78, 5) is 23.5. The third-order valence-electron chi connectivity index (χ3n) is 3.22. The number of ether oxygens (including phenoxy) is 1. The van der Waals surface area contributed by atoms with Crippen molar-refractivity contribution in [2.75, 3.05) is 26.3 Å². The van der Waals surface area contributed by atoms with Crippen LogP contribution in [-0.4, -0.2) is 54.4 Å². The molecule has 0 aliphatic carbocycles. The molecule has 1 fully saturated rings. The van der Waals surface area contributed by atoms with Crippen molar-refractivity contribution in [3.8, 4) is 0 Å². The van der Waals surface area contributed by atoms with Gasteiger partial charge in [0.05, 0.1) is 0 Å². The summed E-state index contributed by atoms with van der Waals surface area (Å²) in [5.41, 5.74) is 0. The molecule has 0 bridgehead atoms. The molecule has 0 atom stereocenters. The predicted molar refractivity (Wildman–Crippen MR) is 63.0 cm³/mol. The molecule has 0 spiro atoms. The van der Waals surface area contributed by atoms with Crippen LogP contribution in [0.4, 0.5) is 13.2 Å². The smallest absolute Gasteiger partial charge is 0.411 e. The molecule has 8 heteroatoms. The van der Waals surface area contributed by atoms with Gasteiger partial charge in [-0.15, -0.1) is 0 Å². The molecule has 1 aliphatic heterocycles. The van der Waals surface area contributed by atoms with E-state index >= 15 is 0 Å². The Hall–Kier alpha value is -1.31. The fourth-order valence-electron chi connectivity index (χ4n) is 2.14. The summed E-state index contributed by atoms with van der Waals surface area (Å²) in [6.45, 7) is -1.11. The molecule has 1 amide bonds. The van der Waals surface area contributed by atoms with Crippen LogP contribution >= 0.6 is 0 Å². The van der Waals surface area contributed by atoms with Gasteiger partial charge in [0, 0.05) is 19.5 Å². The molecular formula is C12H18F3NO4. The molecular weight excluding hydrogens is 279 g/mol. The van der Waals surface area contributed by atoms with Crippen molar-refractivity contribution in [1.29, 1.82) is 0 Å². The first-order chi connectivity index (χ1) is 9.28. The van der Waals surface area contributed by atoms with Crippen LogP contribution in [0.5, 0.6) is 0 Å². The highest BCUT2D eigenvalue weighted by Gasteiger charge is 2.29. The zero-order chi connectivity index (χ0) is 15.2. The Morgan fingerprint density at radius 2 is 1.85 bits per heavy atom. The molecule has 0 radical (unpaired) electrons. The van der Waals surface area contributed by atoms with E-state index in [0.717, 1.165) is 0 Å². The molecule has 20 heavy (non-hydrogen) atoms. The summed E-state index contributed by atoms with van der Waals surface area (Å²) in [7, 11) is 0. The van der Waals surface area contributed by atoms with Gasteiger partial charge in [-0.1, -0.05) is 0 Å². The normalized spacial score (nSPS) is 17.2. The average Bonchev–Trinajstić information content (AvgIpc) is 2.35. The van der Waals surface area contributed by atoms with Crippen molar-refractivity contribution >= 4 is 11.9 Å². The summed E-state index contributed by atoms with van der Waals surface area (Å²) in [6, 6.07) is 0. The van der Waals surface area contributed by atoms with Gasteiger partial charge >= 0.3 is 12.1 Å². The first-order valence-electron chi connectivity index (χ1n) is 6.42. The van der Waals surface area contributed by atoms with Crippen molar-refractivity contribution in [2.24, 2.45) is 5.92 Å². The SMILES string of the molecule is O=C(O)CCC1CCN(C(=O)COCC(F)(F)F)CC1. The number of carboxylic acid groups (broad SMARTS) is 1. The fraction of sp³-hybridized carbons (Fsp3) is 0.833. The number of hydrogen-bond acceptors (Lipinski definition) is 3. The molecule has 0 aromatic carbocycles. The van der Waals surface area contributed by atoms with Gasteiger partial charge in [-0.3, -0.25) is 9.59 Å². The Morgan fingerprint density at radius 1 is 1.25 bits per heavy atom. The van der Waals surface area contributed by atoms with Crippen LogP contribution in [0, 0.1) is 5.92 Å². The van der Waals surface area contributed by atoms with Crippen LogP contribution in [-0.2, 0) is 14.3 Å². The Kier molecular flexibility index (Phi) is 6.25. The Labute approximate surface area is 114 Å². The Bertz CT molecular complexity index is 338. The van der Waals surface area contributed by atoms with Gasteiger partial charge in [0.1, 0.15) is 13.2 Å². The summed E-state index contributed by atoms with van der Waals surface area (Å²) < 4.78 is 39.9. The number of likely N-dealkylation sites (tertiary alicyclic amines) is 1. The summed E-state index contributed by atoms with van der Waals surface area (Å²) in [5.74, 6) is -1.04. The van der Waals surface area contributed by atoms with Crippen molar-refractivity contribution in [3.63, 3.8) is 0 Å². The second-order valence-electron chi connectivity index (χ2n) is 4.86. The molecule has 1 N–H and O–H groups in total. The van der Waals surface area contributed by atoms with Gasteiger partial charge in [0.15, 0.2) is 0 Å². The maximum atomic E-state index is 11.9. The Balaban J connectivity index is 2.20. The molecule has 0 saturated carbocycles. The van der Waals surface area contributed by atoms with E-state index in [4.69, 9.17) is 5.11 Å². The molecule has 1 heterocycles. The number of nitrogens with zero attached hydrogens (tertiary/aromatic N) is 1. The largest absolute Gasteiger partial charge is 0.481 e. The standard InChI is InChI=1S/C12H18F3NO4/c13-12(14,15)8-20-7-10(17)16-5-3-9(4-6-16)1-2-11(18)19/h9H,1-8H2,(H,18,19). The van der Waals surface area contributed by atoms with E-state index in [1.807, 2.05) is 0 Å². The third kappa shape index (κ3) is 6.74. The number of aliphatic carboxylic acids is 1. The van der Waals surface area contributed by atoms with E-state index in [-0.39, 0.29) is 12.3 Å². The lowest BCUT2D eigenvalue weighted by Gasteiger charge is -2.31. The van der Waals surface area contributed by atoms with E-state index < -0.39 is 31.3 Å². The highest BCUT2D eigenvalue weighted by Crippen LogP contribution is 2.22. The molecule has 0 aromatic heterocycles. The first-order valence-corrected chi connectivity index (χ1v) is 6.42. The maximum absolute atomic E-state index is 11.9. The van der Waals surface area contributed by atoms with Gasteiger partial charge in [-0.25, -0.2) is 0 Å². The van der Waals surface area contributed by atoms with Crippen LogP contribution < -0.4 is 0 Å². The number of halogens is 3. The second-order valence-corrected chi connectivity index (χ2v) is 4.86. The van der Waals surface area contributed by atoms with E-state index in [0.29, 0.717) is 32.4 Å². The highest BCUT2D eigenvalue weighted by atomic mass is 19.4. The van der Waals surface area contributed by atoms with Gasteiger partial charge in [0.2, 0.25) is 5.91 Å². The van der Waals surface area contributed by atoms with E-state index in [1.54, 1.807) is 0 Å². The molecule has 1 rings (SSSR count). The molecule has 1 saturated heterocycles. The molecule has 1 aliphatic rings. The van der Waals surface area contributed by atoms with Crippen molar-refractivity contribution < 1.29 is 32.6 Å². The maximum Gasteiger partial charge on any atom is 0.411 e. The number of hydrogen-bond donors (Lipinski definition) is 1. The lowest BCUT2D eigenvalue weighted by atomic mass is 9.92. The van der Waals surface area contributed by atoms with Crippen LogP contribution in [0.1, 0.15) is 25.7 Å². The summed E-state index contributed by atoms with van der Waals surface area (Å²) >= 11 is 0. The van der Waals surface area contributed by atoms with Gasteiger partial charge in [-0.05, 0) is 25.2 Å². The monoisotopic (exact) mass is 297 g/mol. The number of piperidine rings is 1. The number of carbonyl (C=O) groups excluding carboxylic acids is 1. The lowest BCUT2D eigenvalue weighted by Crippen LogP contribution is -2.41. The van der Waals surface area contributed by atoms with Crippen LogP contribution in [0.3, 0.4) is 0 Å². The zero-order valence-corrected chi connectivity index (χ0v) is 11.0. The average molecular weight is 297 g/mol. The van der Waals surface area contributed by atoms with Crippen molar-refractivity contribution in [3.05, 3.63) is 0 Å². The van der Waals surface area contributed by atoms with Crippen molar-refractivity contribution in [1.82, 2.24) is 4.90 Å². The molecule has 0 aromatic rings. The second kappa shape index (κ2) is 7.47. The minimum Gasteiger partial charge on any atom is -0.481 e. The quantitative estimate of drug-likeness (QED) is 0.810. The topological polar surface area (TPSA) is 66.8 Å². The van der Waals surface area contributed by atoms with Gasteiger partial charge in [0.25, 0.3) is 0 Å². The Morgan fingerprint density at radius 3 is 2.35 bits per heavy atom. The fourth-order valence-corrected chi connectivity index (χ4v) is 2.14. The van der Waals surface area contributed by atoms with Crippen LogP contribution in [0.15, 0.2) is 0 Å². The van der Waals surface area contributed by atoms with Gasteiger partial charge in [-0.2, -0.15) is 13.2 Å². The molecule has 0 unspecified atom stereocenters. The number of alkyl halides is 3. The number of carbonyl (C=O) groups is 2. The van der Waals surface area contributed by atoms with Crippen LogP contribution in [0.2, 0.25) is 0 Å². The third-order valence-corrected chi connectivity index (χ3v) is 3.22. The van der Waals surface area contributed by atoms with E-state index in [2.05, 4.69) is 4.74 Å². The molecule has 116 valence electrons.